The van der Waals surface area contributed by atoms with Gasteiger partial charge >= 0.3 is 5.97 Å². The summed E-state index contributed by atoms with van der Waals surface area (Å²) in [6.07, 6.45) is 1.99. The highest BCUT2D eigenvalue weighted by molar-refractivity contribution is 7.07. The van der Waals surface area contributed by atoms with Crippen LogP contribution in [-0.2, 0) is 16.1 Å². The van der Waals surface area contributed by atoms with E-state index in [-0.39, 0.29) is 12.2 Å². The van der Waals surface area contributed by atoms with Crippen LogP contribution in [0.1, 0.15) is 67.6 Å². The number of aromatic nitrogens is 2. The van der Waals surface area contributed by atoms with E-state index in [2.05, 4.69) is 73.9 Å². The molecule has 0 N–H and O–H groups in total. The van der Waals surface area contributed by atoms with Gasteiger partial charge in [-0.15, -0.1) is 0 Å². The van der Waals surface area contributed by atoms with Crippen LogP contribution >= 0.6 is 11.3 Å². The molecule has 6 nitrogen and oxygen atoms in total. The van der Waals surface area contributed by atoms with E-state index in [0.717, 1.165) is 34.3 Å². The lowest BCUT2D eigenvalue weighted by Crippen LogP contribution is -2.40. The molecule has 0 bridgehead atoms. The van der Waals surface area contributed by atoms with Crippen LogP contribution in [0.3, 0.4) is 0 Å². The standard InChI is InChI=1S/C36H35N3O3S/c1-6-42-35(41)32-23(4)37-36-39(33(32)27-18-16-26(17-19-27)22(2)3)34(40)31(43-36)20-29-24(5)38(21-25-12-8-7-9-13-25)30-15-11-10-14-28(29)30/h7-20,22,33H,6,21H2,1-5H3/b31-20-. The highest BCUT2D eigenvalue weighted by Crippen LogP contribution is 2.32. The molecular formula is C36H35N3O3S. The van der Waals surface area contributed by atoms with Crippen LogP contribution in [0, 0.1) is 6.92 Å². The largest absolute Gasteiger partial charge is 0.463 e. The first kappa shape index (κ1) is 28.6. The fourth-order valence-electron chi connectivity index (χ4n) is 5.91. The minimum absolute atomic E-state index is 0.171. The molecule has 2 aromatic heterocycles. The fraction of sp³-hybridized carbons (Fsp3) is 0.250. The van der Waals surface area contributed by atoms with Crippen molar-refractivity contribution in [2.75, 3.05) is 6.61 Å². The molecule has 1 aliphatic heterocycles. The first-order valence-electron chi connectivity index (χ1n) is 14.7. The number of nitrogens with zero attached hydrogens (tertiary/aromatic N) is 3. The summed E-state index contributed by atoms with van der Waals surface area (Å²) >= 11 is 1.36. The van der Waals surface area contributed by atoms with E-state index in [9.17, 15) is 9.59 Å². The Morgan fingerprint density at radius 3 is 2.40 bits per heavy atom. The van der Waals surface area contributed by atoms with Gasteiger partial charge in [-0.2, -0.15) is 0 Å². The van der Waals surface area contributed by atoms with Gasteiger partial charge in [-0.25, -0.2) is 9.79 Å². The van der Waals surface area contributed by atoms with E-state index in [1.54, 1.807) is 11.5 Å². The van der Waals surface area contributed by atoms with Gasteiger partial charge in [-0.3, -0.25) is 9.36 Å². The fourth-order valence-corrected chi connectivity index (χ4v) is 6.94. The Morgan fingerprint density at radius 1 is 1.00 bits per heavy atom. The lowest BCUT2D eigenvalue weighted by molar-refractivity contribution is -0.139. The second kappa shape index (κ2) is 11.7. The van der Waals surface area contributed by atoms with Crippen molar-refractivity contribution in [3.8, 4) is 0 Å². The lowest BCUT2D eigenvalue weighted by atomic mass is 9.93. The molecule has 7 heteroatoms. The summed E-state index contributed by atoms with van der Waals surface area (Å²) in [5, 5.41) is 1.09. The molecule has 218 valence electrons. The zero-order chi connectivity index (χ0) is 30.2. The number of para-hydroxylation sites is 1. The van der Waals surface area contributed by atoms with Crippen LogP contribution in [0.25, 0.3) is 17.0 Å². The first-order chi connectivity index (χ1) is 20.8. The Hall–Kier alpha value is -4.49. The summed E-state index contributed by atoms with van der Waals surface area (Å²) < 4.78 is 10.0. The molecule has 0 saturated carbocycles. The zero-order valence-corrected chi connectivity index (χ0v) is 25.9. The third-order valence-electron chi connectivity index (χ3n) is 8.17. The maximum Gasteiger partial charge on any atom is 0.338 e. The van der Waals surface area contributed by atoms with Crippen molar-refractivity contribution >= 4 is 34.3 Å². The number of carbonyl (C=O) groups excluding carboxylic acids is 1. The summed E-state index contributed by atoms with van der Waals surface area (Å²) in [7, 11) is 0. The van der Waals surface area contributed by atoms with Crippen LogP contribution in [-0.4, -0.2) is 21.7 Å². The van der Waals surface area contributed by atoms with Crippen molar-refractivity contribution in [3.05, 3.63) is 138 Å². The molecule has 1 atom stereocenters. The normalized spacial score (nSPS) is 15.2. The molecule has 3 heterocycles. The van der Waals surface area contributed by atoms with Crippen LogP contribution in [0.5, 0.6) is 0 Å². The summed E-state index contributed by atoms with van der Waals surface area (Å²) in [5.74, 6) is -0.0825. The first-order valence-corrected chi connectivity index (χ1v) is 15.5. The smallest absolute Gasteiger partial charge is 0.338 e. The van der Waals surface area contributed by atoms with Crippen molar-refractivity contribution in [1.29, 1.82) is 0 Å². The van der Waals surface area contributed by atoms with E-state index >= 15 is 0 Å². The van der Waals surface area contributed by atoms with Crippen molar-refractivity contribution in [1.82, 2.24) is 9.13 Å². The minimum Gasteiger partial charge on any atom is -0.463 e. The summed E-state index contributed by atoms with van der Waals surface area (Å²) in [4.78, 5) is 32.9. The molecule has 5 aromatic rings. The Kier molecular flexibility index (Phi) is 7.75. The Bertz CT molecular complexity index is 2040. The molecule has 0 saturated heterocycles. The molecule has 43 heavy (non-hydrogen) atoms. The van der Waals surface area contributed by atoms with Gasteiger partial charge in [0.25, 0.3) is 5.56 Å². The number of ether oxygens (including phenoxy) is 1. The lowest BCUT2D eigenvalue weighted by Gasteiger charge is -2.25. The molecule has 0 radical (unpaired) electrons. The number of thiazole rings is 1. The third-order valence-corrected chi connectivity index (χ3v) is 9.16. The quantitative estimate of drug-likeness (QED) is 0.211. The average Bonchev–Trinajstić information content (AvgIpc) is 3.45. The maximum absolute atomic E-state index is 14.3. The molecule has 0 aliphatic carbocycles. The van der Waals surface area contributed by atoms with Gasteiger partial charge in [-0.1, -0.05) is 98.0 Å². The molecule has 3 aromatic carbocycles. The topological polar surface area (TPSA) is 65.6 Å². The van der Waals surface area contributed by atoms with Gasteiger partial charge in [0.15, 0.2) is 4.80 Å². The summed E-state index contributed by atoms with van der Waals surface area (Å²) in [6, 6.07) is 26.2. The number of hydrogen-bond donors (Lipinski definition) is 0. The van der Waals surface area contributed by atoms with Crippen molar-refractivity contribution in [3.63, 3.8) is 0 Å². The molecule has 0 fully saturated rings. The van der Waals surface area contributed by atoms with Crippen LogP contribution in [0.2, 0.25) is 0 Å². The van der Waals surface area contributed by atoms with E-state index < -0.39 is 12.0 Å². The molecular weight excluding hydrogens is 554 g/mol. The zero-order valence-electron chi connectivity index (χ0n) is 25.1. The van der Waals surface area contributed by atoms with Crippen LogP contribution in [0.15, 0.2) is 99.9 Å². The summed E-state index contributed by atoms with van der Waals surface area (Å²) in [5.41, 5.74) is 7.26. The molecule has 0 amide bonds. The Balaban J connectivity index is 1.54. The highest BCUT2D eigenvalue weighted by atomic mass is 32.1. The average molecular weight is 590 g/mol. The van der Waals surface area contributed by atoms with Gasteiger partial charge in [0.05, 0.1) is 28.5 Å². The van der Waals surface area contributed by atoms with Crippen molar-refractivity contribution in [2.45, 2.75) is 53.1 Å². The van der Waals surface area contributed by atoms with Crippen LogP contribution in [0.4, 0.5) is 0 Å². The molecule has 1 unspecified atom stereocenters. The van der Waals surface area contributed by atoms with Gasteiger partial charge in [0, 0.05) is 28.7 Å². The highest BCUT2D eigenvalue weighted by Gasteiger charge is 2.33. The number of carbonyl (C=O) groups is 1. The van der Waals surface area contributed by atoms with Crippen molar-refractivity contribution in [2.24, 2.45) is 4.99 Å². The predicted octanol–water partition coefficient (Wildman–Crippen LogP) is 6.23. The molecule has 6 rings (SSSR count). The predicted molar refractivity (Wildman–Crippen MR) is 173 cm³/mol. The minimum atomic E-state index is -0.626. The maximum atomic E-state index is 14.3. The van der Waals surface area contributed by atoms with Gasteiger partial charge in [0.1, 0.15) is 0 Å². The third kappa shape index (κ3) is 5.19. The second-order valence-corrected chi connectivity index (χ2v) is 12.2. The number of allylic oxidation sites excluding steroid dienone is 1. The van der Waals surface area contributed by atoms with Gasteiger partial charge in [0.2, 0.25) is 0 Å². The SMILES string of the molecule is CCOC(=O)C1=C(C)N=c2s/c(=C\c3c(C)n(Cc4ccccc4)c4ccccc34)c(=O)n2C1c1ccc(C(C)C)cc1. The number of benzene rings is 3. The Morgan fingerprint density at radius 2 is 1.70 bits per heavy atom. The van der Waals surface area contributed by atoms with Gasteiger partial charge in [-0.05, 0) is 55.5 Å². The number of hydrogen-bond acceptors (Lipinski definition) is 5. The molecule has 1 aliphatic rings. The Labute approximate surface area is 254 Å². The van der Waals surface area contributed by atoms with E-state index in [4.69, 9.17) is 9.73 Å². The molecule has 0 spiro atoms. The van der Waals surface area contributed by atoms with Crippen LogP contribution < -0.4 is 14.9 Å². The number of rotatable bonds is 7. The monoisotopic (exact) mass is 589 g/mol. The number of fused-ring (bicyclic) bond motifs is 2. The van der Waals surface area contributed by atoms with Gasteiger partial charge < -0.3 is 9.30 Å². The second-order valence-electron chi connectivity index (χ2n) is 11.2. The number of esters is 1. The van der Waals surface area contributed by atoms with E-state index in [1.807, 2.05) is 43.3 Å². The van der Waals surface area contributed by atoms with E-state index in [1.165, 1.54) is 22.5 Å². The van der Waals surface area contributed by atoms with Crippen molar-refractivity contribution < 1.29 is 9.53 Å². The summed E-state index contributed by atoms with van der Waals surface area (Å²) in [6.45, 7) is 11.0. The van der Waals surface area contributed by atoms with E-state index in [0.29, 0.717) is 26.5 Å².